The minimum absolute atomic E-state index is 0.0294. The fourth-order valence-electron chi connectivity index (χ4n) is 1.25. The molecule has 0 radical (unpaired) electrons. The zero-order valence-corrected chi connectivity index (χ0v) is 10.5. The number of anilines is 1. The van der Waals surface area contributed by atoms with Crippen LogP contribution in [0.1, 0.15) is 18.9 Å². The number of amides is 1. The molecule has 19 heavy (non-hydrogen) atoms. The van der Waals surface area contributed by atoms with Gasteiger partial charge in [-0.05, 0) is 6.07 Å². The van der Waals surface area contributed by atoms with Crippen molar-refractivity contribution in [3.8, 4) is 6.07 Å². The minimum atomic E-state index is -0.975. The van der Waals surface area contributed by atoms with E-state index in [9.17, 15) is 19.7 Å². The molecule has 0 fully saturated rings. The van der Waals surface area contributed by atoms with E-state index in [-0.39, 0.29) is 22.7 Å². The van der Waals surface area contributed by atoms with Gasteiger partial charge in [-0.25, -0.2) is 0 Å². The molecular formula is C11H8ClN3O4. The smallest absolute Gasteiger partial charge is 0.294 e. The van der Waals surface area contributed by atoms with Gasteiger partial charge >= 0.3 is 0 Å². The van der Waals surface area contributed by atoms with Crippen LogP contribution in [0.3, 0.4) is 0 Å². The molecule has 0 bridgehead atoms. The lowest BCUT2D eigenvalue weighted by Gasteiger charge is -2.06. The molecule has 1 amide bonds. The summed E-state index contributed by atoms with van der Waals surface area (Å²) in [6, 6.07) is 3.73. The summed E-state index contributed by atoms with van der Waals surface area (Å²) in [4.78, 5) is 32.6. The SMILES string of the molecule is CCC(=O)C(=O)Nc1cc(C#N)c(Cl)cc1[N+](=O)[O-]. The van der Waals surface area contributed by atoms with Crippen molar-refractivity contribution in [1.29, 1.82) is 5.26 Å². The molecule has 0 aliphatic heterocycles. The number of Topliss-reactive ketones (excluding diaryl/α,β-unsaturated/α-hetero) is 1. The van der Waals surface area contributed by atoms with Crippen molar-refractivity contribution in [1.82, 2.24) is 0 Å². The molecule has 0 atom stereocenters. The molecule has 0 aliphatic rings. The summed E-state index contributed by atoms with van der Waals surface area (Å²) in [5.41, 5.74) is -0.759. The zero-order chi connectivity index (χ0) is 14.6. The second-order valence-corrected chi connectivity index (χ2v) is 3.86. The average Bonchev–Trinajstić information content (AvgIpc) is 2.38. The van der Waals surface area contributed by atoms with Crippen molar-refractivity contribution in [3.05, 3.63) is 32.8 Å². The van der Waals surface area contributed by atoms with Gasteiger partial charge in [0.2, 0.25) is 5.78 Å². The first kappa shape index (κ1) is 14.6. The molecule has 1 aromatic rings. The monoisotopic (exact) mass is 281 g/mol. The van der Waals surface area contributed by atoms with E-state index in [4.69, 9.17) is 16.9 Å². The lowest BCUT2D eigenvalue weighted by atomic mass is 10.1. The highest BCUT2D eigenvalue weighted by Gasteiger charge is 2.21. The standard InChI is InChI=1S/C11H8ClN3O4/c1-2-10(16)11(17)14-8-3-6(5-13)7(12)4-9(8)15(18)19/h3-4H,2H2,1H3,(H,14,17). The number of nitriles is 1. The normalized spacial score (nSPS) is 9.53. The van der Waals surface area contributed by atoms with E-state index in [2.05, 4.69) is 5.32 Å². The van der Waals surface area contributed by atoms with Crippen LogP contribution in [0.15, 0.2) is 12.1 Å². The summed E-state index contributed by atoms with van der Waals surface area (Å²) in [7, 11) is 0. The molecule has 0 aliphatic carbocycles. The number of nitro benzene ring substituents is 1. The van der Waals surface area contributed by atoms with Gasteiger partial charge in [0.05, 0.1) is 15.5 Å². The second kappa shape index (κ2) is 5.93. The maximum absolute atomic E-state index is 11.4. The largest absolute Gasteiger partial charge is 0.314 e. The Labute approximate surface area is 112 Å². The first-order valence-electron chi connectivity index (χ1n) is 5.12. The van der Waals surface area contributed by atoms with Crippen molar-refractivity contribution in [2.75, 3.05) is 5.32 Å². The Kier molecular flexibility index (Phi) is 4.56. The number of nitrogens with zero attached hydrogens (tertiary/aromatic N) is 2. The van der Waals surface area contributed by atoms with Gasteiger partial charge in [0.25, 0.3) is 11.6 Å². The number of ketones is 1. The van der Waals surface area contributed by atoms with Gasteiger partial charge in [0.15, 0.2) is 0 Å². The van der Waals surface area contributed by atoms with Gasteiger partial charge in [-0.1, -0.05) is 18.5 Å². The molecule has 1 rings (SSSR count). The molecule has 0 saturated carbocycles. The molecule has 0 unspecified atom stereocenters. The average molecular weight is 282 g/mol. The number of hydrogen-bond acceptors (Lipinski definition) is 5. The first-order valence-corrected chi connectivity index (χ1v) is 5.50. The number of hydrogen-bond donors (Lipinski definition) is 1. The highest BCUT2D eigenvalue weighted by atomic mass is 35.5. The molecular weight excluding hydrogens is 274 g/mol. The van der Waals surface area contributed by atoms with Crippen LogP contribution in [0, 0.1) is 21.4 Å². The zero-order valence-electron chi connectivity index (χ0n) is 9.77. The molecule has 8 heteroatoms. The van der Waals surface area contributed by atoms with Gasteiger partial charge in [-0.2, -0.15) is 5.26 Å². The molecule has 7 nitrogen and oxygen atoms in total. The van der Waals surface area contributed by atoms with Gasteiger partial charge < -0.3 is 5.32 Å². The number of benzene rings is 1. The van der Waals surface area contributed by atoms with Gasteiger partial charge in [-0.15, -0.1) is 0 Å². The van der Waals surface area contributed by atoms with Crippen molar-refractivity contribution >= 4 is 34.7 Å². The summed E-state index contributed by atoms with van der Waals surface area (Å²) in [6.45, 7) is 1.49. The molecule has 1 N–H and O–H groups in total. The Morgan fingerprint density at radius 2 is 2.16 bits per heavy atom. The summed E-state index contributed by atoms with van der Waals surface area (Å²) in [5, 5.41) is 21.6. The molecule has 0 heterocycles. The van der Waals surface area contributed by atoms with E-state index < -0.39 is 22.3 Å². The van der Waals surface area contributed by atoms with Crippen LogP contribution >= 0.6 is 11.6 Å². The lowest BCUT2D eigenvalue weighted by molar-refractivity contribution is -0.383. The van der Waals surface area contributed by atoms with Crippen LogP contribution in [-0.4, -0.2) is 16.6 Å². The van der Waals surface area contributed by atoms with Gasteiger partial charge in [0.1, 0.15) is 11.8 Å². The predicted octanol–water partition coefficient (Wildman–Crippen LogP) is 2.04. The third-order valence-corrected chi connectivity index (χ3v) is 2.54. The van der Waals surface area contributed by atoms with Crippen LogP contribution < -0.4 is 5.32 Å². The summed E-state index contributed by atoms with van der Waals surface area (Å²) < 4.78 is 0. The third kappa shape index (κ3) is 3.26. The summed E-state index contributed by atoms with van der Waals surface area (Å²) in [6.07, 6.45) is -0.0294. The first-order chi connectivity index (χ1) is 8.90. The topological polar surface area (TPSA) is 113 Å². The van der Waals surface area contributed by atoms with Crippen LogP contribution in [0.5, 0.6) is 0 Å². The van der Waals surface area contributed by atoms with E-state index in [1.54, 1.807) is 6.07 Å². The Bertz CT molecular complexity index is 607. The Morgan fingerprint density at radius 1 is 1.53 bits per heavy atom. The third-order valence-electron chi connectivity index (χ3n) is 2.23. The quantitative estimate of drug-likeness (QED) is 0.515. The number of nitrogens with one attached hydrogen (secondary N) is 1. The highest BCUT2D eigenvalue weighted by molar-refractivity contribution is 6.40. The fraction of sp³-hybridized carbons (Fsp3) is 0.182. The van der Waals surface area contributed by atoms with Crippen molar-refractivity contribution < 1.29 is 14.5 Å². The van der Waals surface area contributed by atoms with Crippen LogP contribution in [0.2, 0.25) is 5.02 Å². The van der Waals surface area contributed by atoms with Crippen LogP contribution in [0.4, 0.5) is 11.4 Å². The van der Waals surface area contributed by atoms with Crippen molar-refractivity contribution in [2.45, 2.75) is 13.3 Å². The van der Waals surface area contributed by atoms with E-state index >= 15 is 0 Å². The fourth-order valence-corrected chi connectivity index (χ4v) is 1.45. The van der Waals surface area contributed by atoms with Crippen LogP contribution in [-0.2, 0) is 9.59 Å². The van der Waals surface area contributed by atoms with Crippen molar-refractivity contribution in [3.63, 3.8) is 0 Å². The van der Waals surface area contributed by atoms with E-state index in [1.807, 2.05) is 0 Å². The number of rotatable bonds is 4. The summed E-state index contributed by atoms with van der Waals surface area (Å²) >= 11 is 5.67. The Morgan fingerprint density at radius 3 is 2.63 bits per heavy atom. The minimum Gasteiger partial charge on any atom is -0.314 e. The number of carbonyl (C=O) groups excluding carboxylic acids is 2. The van der Waals surface area contributed by atoms with Gasteiger partial charge in [-0.3, -0.25) is 19.7 Å². The maximum atomic E-state index is 11.4. The number of nitro groups is 1. The molecule has 0 spiro atoms. The molecule has 0 aromatic heterocycles. The second-order valence-electron chi connectivity index (χ2n) is 3.45. The van der Waals surface area contributed by atoms with Crippen LogP contribution in [0.25, 0.3) is 0 Å². The molecule has 0 saturated heterocycles. The highest BCUT2D eigenvalue weighted by Crippen LogP contribution is 2.30. The Balaban J connectivity index is 3.25. The summed E-state index contributed by atoms with van der Waals surface area (Å²) in [5.74, 6) is -1.69. The lowest BCUT2D eigenvalue weighted by Crippen LogP contribution is -2.22. The van der Waals surface area contributed by atoms with Crippen molar-refractivity contribution in [2.24, 2.45) is 0 Å². The predicted molar refractivity (Wildman–Crippen MR) is 66.7 cm³/mol. The number of carbonyl (C=O) groups is 2. The molecule has 98 valence electrons. The van der Waals surface area contributed by atoms with E-state index in [1.165, 1.54) is 6.92 Å². The Hall–Kier alpha value is -2.46. The maximum Gasteiger partial charge on any atom is 0.294 e. The van der Waals surface area contributed by atoms with E-state index in [0.717, 1.165) is 12.1 Å². The molecule has 1 aromatic carbocycles. The number of halogens is 1. The van der Waals surface area contributed by atoms with E-state index in [0.29, 0.717) is 0 Å². The van der Waals surface area contributed by atoms with Gasteiger partial charge in [0, 0.05) is 12.5 Å².